The van der Waals surface area contributed by atoms with Gasteiger partial charge < -0.3 is 79.7 Å². The highest BCUT2D eigenvalue weighted by Crippen LogP contribution is 2.21. The van der Waals surface area contributed by atoms with Gasteiger partial charge in [0.1, 0.15) is 54.6 Å². The second kappa shape index (κ2) is 27.9. The number of nitrogens with zero attached hydrogens (tertiary/aromatic N) is 2. The molecule has 0 aromatic heterocycles. The number of guanidine groups is 1. The van der Waals surface area contributed by atoms with E-state index in [2.05, 4.69) is 67.5 Å². The molecule has 26 nitrogen and oxygen atoms in total. The first-order valence-electron chi connectivity index (χ1n) is 20.8. The summed E-state index contributed by atoms with van der Waals surface area (Å²) in [6, 6.07) is -5.77. The summed E-state index contributed by atoms with van der Waals surface area (Å²) in [7, 11) is 0. The molecule has 17 N–H and O–H groups in total. The van der Waals surface area contributed by atoms with E-state index in [1.165, 1.54) is 38.1 Å². The number of carboxylic acids is 2. The molecule has 1 aromatic carbocycles. The fraction of sp³-hybridized carbons (Fsp3) is 0.564. The molecular formula is C39H60N12O14S2. The van der Waals surface area contributed by atoms with Crippen LogP contribution in [0.3, 0.4) is 0 Å². The number of amides is 8. The number of nitrogens with one attached hydrogen (secondary N) is 7. The maximum atomic E-state index is 14.0. The van der Waals surface area contributed by atoms with Gasteiger partial charge in [0.15, 0.2) is 5.96 Å². The van der Waals surface area contributed by atoms with Crippen molar-refractivity contribution < 1.29 is 68.4 Å². The van der Waals surface area contributed by atoms with Gasteiger partial charge in [-0.3, -0.25) is 52.9 Å². The third kappa shape index (κ3) is 19.2. The number of aliphatic hydroxyl groups excluding tert-OH is 1. The fourth-order valence-corrected chi connectivity index (χ4v) is 6.84. The Bertz CT molecular complexity index is 1970. The molecule has 0 unspecified atom stereocenters. The number of carboxylic acid groups (broad SMARTS) is 2. The average molecular weight is 985 g/mol. The highest BCUT2D eigenvalue weighted by molar-refractivity contribution is 7.80. The highest BCUT2D eigenvalue weighted by atomic mass is 32.1. The number of nitrogens with two attached hydrogens (primary N) is 3. The molecule has 0 radical (unpaired) electrons. The molecule has 1 fully saturated rings. The summed E-state index contributed by atoms with van der Waals surface area (Å²) in [4.78, 5) is 134. The Labute approximate surface area is 395 Å². The largest absolute Gasteiger partial charge is 0.508 e. The van der Waals surface area contributed by atoms with Crippen LogP contribution in [0.2, 0.25) is 0 Å². The molecule has 372 valence electrons. The van der Waals surface area contributed by atoms with Crippen LogP contribution in [0, 0.1) is 0 Å². The molecule has 9 atom stereocenters. The molecule has 0 aliphatic carbocycles. The predicted octanol–water partition coefficient (Wildman–Crippen LogP) is -5.85. The SMILES string of the molecule is C[C@H](NC(=O)[C@H](CCCN=C(N)N)NC(=O)[C@H](CC(=O)O)NC(=O)[C@@H](N)CS)C(=O)N[C@H](C(=O)N1CCC[C@H]1C(=O)N[C@@H](Cc1ccc(O)cc1)C(=O)N[C@@H](CS)C(=O)NCC(=O)O)[C@@H](C)O. The fourth-order valence-electron chi connectivity index (χ4n) is 6.42. The average Bonchev–Trinajstić information content (AvgIpc) is 3.77. The monoisotopic (exact) mass is 984 g/mol. The van der Waals surface area contributed by atoms with E-state index in [0.29, 0.717) is 5.56 Å². The first-order valence-corrected chi connectivity index (χ1v) is 22.1. The first kappa shape index (κ1) is 56.7. The molecule has 28 heteroatoms. The van der Waals surface area contributed by atoms with Crippen molar-refractivity contribution in [1.82, 2.24) is 42.1 Å². The number of thiol groups is 2. The van der Waals surface area contributed by atoms with E-state index in [0.717, 1.165) is 4.90 Å². The van der Waals surface area contributed by atoms with Crippen molar-refractivity contribution >= 4 is 90.4 Å². The van der Waals surface area contributed by atoms with Crippen LogP contribution in [0.5, 0.6) is 5.75 Å². The number of aliphatic carboxylic acids is 2. The minimum atomic E-state index is -1.68. The van der Waals surface area contributed by atoms with Gasteiger partial charge in [-0.1, -0.05) is 12.1 Å². The molecule has 67 heavy (non-hydrogen) atoms. The number of carbonyl (C=O) groups is 10. The Morgan fingerprint density at radius 3 is 1.93 bits per heavy atom. The summed E-state index contributed by atoms with van der Waals surface area (Å²) < 4.78 is 0. The van der Waals surface area contributed by atoms with Crippen LogP contribution in [0.25, 0.3) is 0 Å². The summed E-state index contributed by atoms with van der Waals surface area (Å²) in [5.74, 6) is -10.9. The maximum Gasteiger partial charge on any atom is 0.322 e. The Hall–Kier alpha value is -6.39. The van der Waals surface area contributed by atoms with Crippen LogP contribution in [0.4, 0.5) is 0 Å². The van der Waals surface area contributed by atoms with Crippen molar-refractivity contribution in [3.8, 4) is 5.75 Å². The van der Waals surface area contributed by atoms with Gasteiger partial charge in [-0.2, -0.15) is 25.3 Å². The zero-order valence-electron chi connectivity index (χ0n) is 36.7. The van der Waals surface area contributed by atoms with Gasteiger partial charge >= 0.3 is 11.9 Å². The number of hydrogen-bond acceptors (Lipinski definition) is 16. The Morgan fingerprint density at radius 2 is 1.36 bits per heavy atom. The van der Waals surface area contributed by atoms with E-state index in [1.54, 1.807) is 0 Å². The summed E-state index contributed by atoms with van der Waals surface area (Å²) in [5, 5.41) is 55.3. The number of aromatic hydroxyl groups is 1. The van der Waals surface area contributed by atoms with E-state index < -0.39 is 127 Å². The molecule has 0 bridgehead atoms. The summed E-state index contributed by atoms with van der Waals surface area (Å²) >= 11 is 8.00. The maximum absolute atomic E-state index is 14.0. The van der Waals surface area contributed by atoms with Crippen molar-refractivity contribution in [3.05, 3.63) is 29.8 Å². The standard InChI is InChI=1S/C39H60N12O14S2/c1-18(45-34(61)23(5-3-11-43-39(41)42)46-36(63)25(14-28(54)55)47-32(59)22(40)16-66)31(58)50-30(19(2)52)38(65)51-12-4-6-27(51)37(64)48-24(13-20-7-9-21(53)10-8-20)35(62)49-26(17-67)33(60)44-15-29(56)57/h7-10,18-19,22-27,30,52-53,66-67H,3-6,11-17,40H2,1-2H3,(H,44,60)(H,45,61)(H,46,63)(H,47,59)(H,48,64)(H,49,62)(H,50,58)(H,54,55)(H,56,57)(H4,41,42,43)/t18-,19+,22-,23-,24-,25-,26-,27-,30-/m0/s1. The van der Waals surface area contributed by atoms with Gasteiger partial charge in [-0.25, -0.2) is 0 Å². The van der Waals surface area contributed by atoms with Crippen molar-refractivity contribution in [1.29, 1.82) is 0 Å². The van der Waals surface area contributed by atoms with Gasteiger partial charge in [-0.15, -0.1) is 0 Å². The number of benzene rings is 1. The van der Waals surface area contributed by atoms with Crippen molar-refractivity contribution in [3.63, 3.8) is 0 Å². The number of hydrogen-bond donors (Lipinski definition) is 16. The second-order valence-corrected chi connectivity index (χ2v) is 16.1. The lowest BCUT2D eigenvalue weighted by Crippen LogP contribution is -2.61. The number of phenolic OH excluding ortho intramolecular Hbond substituents is 1. The third-order valence-electron chi connectivity index (χ3n) is 10.00. The number of carbonyl (C=O) groups excluding carboxylic acids is 8. The van der Waals surface area contributed by atoms with Crippen LogP contribution in [-0.4, -0.2) is 176 Å². The lowest BCUT2D eigenvalue weighted by atomic mass is 10.0. The van der Waals surface area contributed by atoms with Gasteiger partial charge in [0.25, 0.3) is 0 Å². The van der Waals surface area contributed by atoms with Crippen molar-refractivity contribution in [2.75, 3.05) is 31.1 Å². The molecule has 1 heterocycles. The Balaban J connectivity index is 2.28. The summed E-state index contributed by atoms with van der Waals surface area (Å²) in [6.07, 6.45) is -2.33. The van der Waals surface area contributed by atoms with Crippen LogP contribution >= 0.6 is 25.3 Å². The van der Waals surface area contributed by atoms with Crippen molar-refractivity contribution in [2.24, 2.45) is 22.2 Å². The zero-order chi connectivity index (χ0) is 50.5. The highest BCUT2D eigenvalue weighted by Gasteiger charge is 2.41. The number of aliphatic imine (C=N–C) groups is 1. The molecule has 0 saturated carbocycles. The molecule has 1 saturated heterocycles. The lowest BCUT2D eigenvalue weighted by Gasteiger charge is -2.31. The number of likely N-dealkylation sites (tertiary alicyclic amines) is 1. The van der Waals surface area contributed by atoms with Crippen molar-refractivity contribution in [2.45, 2.75) is 107 Å². The van der Waals surface area contributed by atoms with E-state index >= 15 is 0 Å². The van der Waals surface area contributed by atoms with E-state index in [4.69, 9.17) is 22.3 Å². The molecule has 0 spiro atoms. The number of rotatable bonds is 27. The van der Waals surface area contributed by atoms with E-state index in [9.17, 15) is 63.3 Å². The van der Waals surface area contributed by atoms with Crippen LogP contribution in [0.15, 0.2) is 29.3 Å². The lowest BCUT2D eigenvalue weighted by molar-refractivity contribution is -0.144. The summed E-state index contributed by atoms with van der Waals surface area (Å²) in [6.45, 7) is 1.65. The minimum absolute atomic E-state index is 0.00445. The first-order chi connectivity index (χ1) is 31.5. The quantitative estimate of drug-likeness (QED) is 0.0169. The predicted molar refractivity (Wildman–Crippen MR) is 244 cm³/mol. The van der Waals surface area contributed by atoms with Gasteiger partial charge in [0.2, 0.25) is 47.3 Å². The zero-order valence-corrected chi connectivity index (χ0v) is 38.5. The topological polar surface area (TPSA) is 429 Å². The minimum Gasteiger partial charge on any atom is -0.508 e. The number of aliphatic hydroxyl groups is 1. The smallest absolute Gasteiger partial charge is 0.322 e. The van der Waals surface area contributed by atoms with Gasteiger partial charge in [-0.05, 0) is 57.2 Å². The Morgan fingerprint density at radius 1 is 0.761 bits per heavy atom. The molecule has 1 aliphatic rings. The molecule has 1 aromatic rings. The van der Waals surface area contributed by atoms with Crippen LogP contribution < -0.4 is 54.4 Å². The number of phenols is 1. The second-order valence-electron chi connectivity index (χ2n) is 15.4. The van der Waals surface area contributed by atoms with Gasteiger partial charge in [0, 0.05) is 31.0 Å². The van der Waals surface area contributed by atoms with Crippen LogP contribution in [-0.2, 0) is 54.4 Å². The molecular weight excluding hydrogens is 925 g/mol. The van der Waals surface area contributed by atoms with Gasteiger partial charge in [0.05, 0.1) is 18.6 Å². The Kier molecular flexibility index (Phi) is 23.7. The molecule has 8 amide bonds. The molecule has 2 rings (SSSR count). The van der Waals surface area contributed by atoms with E-state index in [1.807, 2.05) is 0 Å². The van der Waals surface area contributed by atoms with E-state index in [-0.39, 0.29) is 68.4 Å². The third-order valence-corrected chi connectivity index (χ3v) is 10.8. The molecule has 1 aliphatic heterocycles. The van der Waals surface area contributed by atoms with Crippen LogP contribution in [0.1, 0.15) is 51.5 Å². The summed E-state index contributed by atoms with van der Waals surface area (Å²) in [5.41, 5.74) is 16.9. The normalized spacial score (nSPS) is 16.7.